The molecule has 1 heterocycles. The molecule has 2 fully saturated rings. The largest absolute Gasteiger partial charge is 0.349 e. The fourth-order valence-electron chi connectivity index (χ4n) is 2.88. The van der Waals surface area contributed by atoms with Gasteiger partial charge in [-0.2, -0.15) is 0 Å². The van der Waals surface area contributed by atoms with Crippen LogP contribution in [0.2, 0.25) is 0 Å². The molecule has 0 bridgehead atoms. The number of aryl methyl sites for hydroxylation is 1. The topological polar surface area (TPSA) is 84.3 Å². The summed E-state index contributed by atoms with van der Waals surface area (Å²) in [5.41, 5.74) is -0.427. The molecule has 3 rings (SSSR count). The summed E-state index contributed by atoms with van der Waals surface area (Å²) in [7, 11) is 0. The highest BCUT2D eigenvalue weighted by atomic mass is 19.1. The summed E-state index contributed by atoms with van der Waals surface area (Å²) in [6.07, 6.45) is 0. The fraction of sp³-hybridized carbons (Fsp3) is 0.462. The summed E-state index contributed by atoms with van der Waals surface area (Å²) in [4.78, 5) is 22.2. The number of nitro benzene ring substituents is 1. The summed E-state index contributed by atoms with van der Waals surface area (Å²) in [5.74, 6) is -0.464. The molecule has 2 N–H and O–H groups in total. The molecule has 2 aliphatic rings. The van der Waals surface area contributed by atoms with Crippen LogP contribution in [-0.2, 0) is 0 Å². The number of carbonyl (C=O) groups excluding carboxylic acids is 1. The number of piperidine rings is 1. The third kappa shape index (κ3) is 2.03. The van der Waals surface area contributed by atoms with Gasteiger partial charge in [0.05, 0.1) is 10.5 Å². The van der Waals surface area contributed by atoms with Gasteiger partial charge in [-0.1, -0.05) is 0 Å². The number of hydrogen-bond donors (Lipinski definition) is 2. The molecule has 20 heavy (non-hydrogen) atoms. The van der Waals surface area contributed by atoms with Gasteiger partial charge in [0.25, 0.3) is 11.6 Å². The third-order valence-corrected chi connectivity index (χ3v) is 4.08. The monoisotopic (exact) mass is 279 g/mol. The van der Waals surface area contributed by atoms with Gasteiger partial charge in [-0.05, 0) is 24.3 Å². The second kappa shape index (κ2) is 4.52. The van der Waals surface area contributed by atoms with Crippen molar-refractivity contribution in [2.24, 2.45) is 11.8 Å². The molecule has 1 aromatic carbocycles. The van der Waals surface area contributed by atoms with Gasteiger partial charge in [0.15, 0.2) is 0 Å². The molecule has 1 saturated heterocycles. The minimum atomic E-state index is -0.697. The van der Waals surface area contributed by atoms with Crippen LogP contribution in [0.15, 0.2) is 12.1 Å². The molecule has 0 radical (unpaired) electrons. The SMILES string of the molecule is Cc1cc([N+](=O)[O-])cc(C(=O)NC2C3CNCC32)c1F. The molecule has 2 unspecified atom stereocenters. The summed E-state index contributed by atoms with van der Waals surface area (Å²) in [6.45, 7) is 3.12. The highest BCUT2D eigenvalue weighted by molar-refractivity contribution is 5.95. The number of carbonyl (C=O) groups is 1. The number of halogens is 1. The fourth-order valence-corrected chi connectivity index (χ4v) is 2.88. The maximum absolute atomic E-state index is 14.0. The quantitative estimate of drug-likeness (QED) is 0.638. The minimum absolute atomic E-state index is 0.0581. The predicted octanol–water partition coefficient (Wildman–Crippen LogP) is 0.990. The summed E-state index contributed by atoms with van der Waals surface area (Å²) in [5, 5.41) is 16.7. The standard InChI is InChI=1S/C13H14FN3O3/c1-6-2-7(17(19)20)3-8(11(6)14)13(18)16-12-9-4-15-5-10(9)12/h2-3,9-10,12,15H,4-5H2,1H3,(H,16,18). The number of fused-ring (bicyclic) bond motifs is 1. The van der Waals surface area contributed by atoms with Crippen LogP contribution in [-0.4, -0.2) is 30.0 Å². The molecule has 1 aliphatic carbocycles. The van der Waals surface area contributed by atoms with E-state index in [-0.39, 0.29) is 22.9 Å². The number of non-ortho nitro benzene ring substituents is 1. The van der Waals surface area contributed by atoms with Crippen molar-refractivity contribution in [1.82, 2.24) is 10.6 Å². The first-order valence-corrected chi connectivity index (χ1v) is 6.45. The Morgan fingerprint density at radius 2 is 2.10 bits per heavy atom. The van der Waals surface area contributed by atoms with E-state index in [0.717, 1.165) is 25.2 Å². The number of nitrogens with zero attached hydrogens (tertiary/aromatic N) is 1. The first-order valence-electron chi connectivity index (χ1n) is 6.45. The van der Waals surface area contributed by atoms with Gasteiger partial charge >= 0.3 is 0 Å². The van der Waals surface area contributed by atoms with E-state index in [1.165, 1.54) is 6.92 Å². The van der Waals surface area contributed by atoms with Gasteiger partial charge in [-0.25, -0.2) is 4.39 Å². The van der Waals surface area contributed by atoms with E-state index < -0.39 is 16.6 Å². The zero-order chi connectivity index (χ0) is 14.4. The number of nitrogens with one attached hydrogen (secondary N) is 2. The molecule has 7 heteroatoms. The Labute approximate surface area is 114 Å². The molecule has 106 valence electrons. The van der Waals surface area contributed by atoms with Crippen molar-refractivity contribution in [2.45, 2.75) is 13.0 Å². The number of amides is 1. The zero-order valence-corrected chi connectivity index (χ0v) is 10.9. The average molecular weight is 279 g/mol. The van der Waals surface area contributed by atoms with Crippen molar-refractivity contribution in [3.05, 3.63) is 39.2 Å². The van der Waals surface area contributed by atoms with Crippen molar-refractivity contribution in [1.29, 1.82) is 0 Å². The van der Waals surface area contributed by atoms with E-state index in [1.807, 2.05) is 0 Å². The lowest BCUT2D eigenvalue weighted by Crippen LogP contribution is -2.33. The van der Waals surface area contributed by atoms with E-state index in [1.54, 1.807) is 0 Å². The van der Waals surface area contributed by atoms with E-state index in [2.05, 4.69) is 10.6 Å². The molecular formula is C13H14FN3O3. The van der Waals surface area contributed by atoms with Crippen molar-refractivity contribution >= 4 is 11.6 Å². The lowest BCUT2D eigenvalue weighted by Gasteiger charge is -2.09. The molecule has 1 saturated carbocycles. The molecule has 2 atom stereocenters. The Morgan fingerprint density at radius 3 is 2.70 bits per heavy atom. The first kappa shape index (κ1) is 13.0. The van der Waals surface area contributed by atoms with E-state index in [0.29, 0.717) is 11.8 Å². The number of rotatable bonds is 3. The smallest absolute Gasteiger partial charge is 0.270 e. The molecule has 0 spiro atoms. The Kier molecular flexibility index (Phi) is 2.93. The number of benzene rings is 1. The summed E-state index contributed by atoms with van der Waals surface area (Å²) >= 11 is 0. The van der Waals surface area contributed by atoms with Crippen LogP contribution >= 0.6 is 0 Å². The minimum Gasteiger partial charge on any atom is -0.349 e. The van der Waals surface area contributed by atoms with Crippen LogP contribution in [0.5, 0.6) is 0 Å². The Hall–Kier alpha value is -2.02. The Bertz CT molecular complexity index is 595. The van der Waals surface area contributed by atoms with E-state index in [4.69, 9.17) is 0 Å². The Balaban J connectivity index is 1.82. The number of nitro groups is 1. The van der Waals surface area contributed by atoms with Gasteiger partial charge in [0.2, 0.25) is 0 Å². The maximum atomic E-state index is 14.0. The summed E-state index contributed by atoms with van der Waals surface area (Å²) < 4.78 is 14.0. The third-order valence-electron chi connectivity index (χ3n) is 4.08. The van der Waals surface area contributed by atoms with Crippen molar-refractivity contribution < 1.29 is 14.1 Å². The van der Waals surface area contributed by atoms with Gasteiger partial charge in [-0.15, -0.1) is 0 Å². The lowest BCUT2D eigenvalue weighted by atomic mass is 10.1. The molecule has 6 nitrogen and oxygen atoms in total. The van der Waals surface area contributed by atoms with Crippen molar-refractivity contribution in [2.75, 3.05) is 13.1 Å². The highest BCUT2D eigenvalue weighted by Crippen LogP contribution is 2.41. The van der Waals surface area contributed by atoms with Crippen LogP contribution in [0.4, 0.5) is 10.1 Å². The average Bonchev–Trinajstić information content (AvgIpc) is 2.85. The van der Waals surface area contributed by atoms with Gasteiger partial charge in [-0.3, -0.25) is 14.9 Å². The van der Waals surface area contributed by atoms with Crippen LogP contribution in [0, 0.1) is 34.7 Å². The first-order chi connectivity index (χ1) is 9.49. The molecule has 1 amide bonds. The van der Waals surface area contributed by atoms with E-state index >= 15 is 0 Å². The molecular weight excluding hydrogens is 265 g/mol. The van der Waals surface area contributed by atoms with Gasteiger partial charge < -0.3 is 10.6 Å². The van der Waals surface area contributed by atoms with Crippen LogP contribution in [0.25, 0.3) is 0 Å². The lowest BCUT2D eigenvalue weighted by molar-refractivity contribution is -0.385. The van der Waals surface area contributed by atoms with Crippen molar-refractivity contribution in [3.63, 3.8) is 0 Å². The Morgan fingerprint density at radius 1 is 1.45 bits per heavy atom. The molecule has 1 aliphatic heterocycles. The molecule has 1 aromatic rings. The highest BCUT2D eigenvalue weighted by Gasteiger charge is 2.53. The summed E-state index contributed by atoms with van der Waals surface area (Å²) in [6, 6.07) is 2.18. The normalized spacial score (nSPS) is 27.0. The van der Waals surface area contributed by atoms with Crippen molar-refractivity contribution in [3.8, 4) is 0 Å². The second-order valence-electron chi connectivity index (χ2n) is 5.37. The maximum Gasteiger partial charge on any atom is 0.270 e. The van der Waals surface area contributed by atoms with Gasteiger partial charge in [0.1, 0.15) is 5.82 Å². The van der Waals surface area contributed by atoms with Crippen LogP contribution in [0.1, 0.15) is 15.9 Å². The number of hydrogen-bond acceptors (Lipinski definition) is 4. The second-order valence-corrected chi connectivity index (χ2v) is 5.37. The van der Waals surface area contributed by atoms with Crippen LogP contribution < -0.4 is 10.6 Å². The van der Waals surface area contributed by atoms with Gasteiger partial charge in [0, 0.05) is 31.3 Å². The van der Waals surface area contributed by atoms with E-state index in [9.17, 15) is 19.3 Å². The zero-order valence-electron chi connectivity index (χ0n) is 10.9. The predicted molar refractivity (Wildman–Crippen MR) is 68.9 cm³/mol. The molecule has 0 aromatic heterocycles. The van der Waals surface area contributed by atoms with Crippen LogP contribution in [0.3, 0.4) is 0 Å².